The Morgan fingerprint density at radius 2 is 1.83 bits per heavy atom. The number of aromatic nitrogens is 2. The molecule has 0 fully saturated rings. The summed E-state index contributed by atoms with van der Waals surface area (Å²) in [6.45, 7) is 6.42. The molecule has 0 aliphatic carbocycles. The number of furan rings is 1. The number of aliphatic hydroxyl groups excluding tert-OH is 1. The second kappa shape index (κ2) is 6.50. The monoisotopic (exact) mass is 310 g/mol. The standard InChI is InChI=1S/C19H22N2O2/c1-12(2)15-7-19-18(21-10-15)8-17(23-19)6-13(3)14-4-5-16(11-22)20-9-14/h4-5,7-10,12-13,22H,6,11H2,1-3H3. The summed E-state index contributed by atoms with van der Waals surface area (Å²) in [5.74, 6) is 1.67. The third-order valence-corrected chi connectivity index (χ3v) is 4.19. The van der Waals surface area contributed by atoms with Crippen LogP contribution >= 0.6 is 0 Å². The van der Waals surface area contributed by atoms with Crippen molar-refractivity contribution < 1.29 is 9.52 Å². The van der Waals surface area contributed by atoms with Crippen LogP contribution in [0.4, 0.5) is 0 Å². The fourth-order valence-corrected chi connectivity index (χ4v) is 2.64. The van der Waals surface area contributed by atoms with Gasteiger partial charge in [0.2, 0.25) is 0 Å². The smallest absolute Gasteiger partial charge is 0.152 e. The first-order chi connectivity index (χ1) is 11.1. The average molecular weight is 310 g/mol. The lowest BCUT2D eigenvalue weighted by molar-refractivity contribution is 0.277. The third-order valence-electron chi connectivity index (χ3n) is 4.19. The Balaban J connectivity index is 1.79. The van der Waals surface area contributed by atoms with Gasteiger partial charge in [-0.1, -0.05) is 26.8 Å². The van der Waals surface area contributed by atoms with Crippen molar-refractivity contribution >= 4 is 11.1 Å². The highest BCUT2D eigenvalue weighted by Gasteiger charge is 2.13. The predicted molar refractivity (Wildman–Crippen MR) is 90.4 cm³/mol. The van der Waals surface area contributed by atoms with Gasteiger partial charge in [-0.25, -0.2) is 0 Å². The molecule has 4 nitrogen and oxygen atoms in total. The van der Waals surface area contributed by atoms with E-state index in [2.05, 4.69) is 36.8 Å². The van der Waals surface area contributed by atoms with Crippen LogP contribution in [0.5, 0.6) is 0 Å². The Morgan fingerprint density at radius 1 is 1.04 bits per heavy atom. The number of aliphatic hydroxyl groups is 1. The van der Waals surface area contributed by atoms with Crippen molar-refractivity contribution in [2.24, 2.45) is 0 Å². The Bertz CT molecular complexity index is 791. The first-order valence-electron chi connectivity index (χ1n) is 8.01. The van der Waals surface area contributed by atoms with Gasteiger partial charge in [0, 0.05) is 24.9 Å². The maximum Gasteiger partial charge on any atom is 0.152 e. The molecule has 0 saturated carbocycles. The van der Waals surface area contributed by atoms with Crippen LogP contribution in [0, 0.1) is 0 Å². The quantitative estimate of drug-likeness (QED) is 0.768. The van der Waals surface area contributed by atoms with Crippen LogP contribution < -0.4 is 0 Å². The minimum atomic E-state index is -0.0257. The van der Waals surface area contributed by atoms with Crippen LogP contribution in [0.15, 0.2) is 41.1 Å². The molecule has 0 aliphatic heterocycles. The first-order valence-corrected chi connectivity index (χ1v) is 8.01. The zero-order valence-corrected chi connectivity index (χ0v) is 13.8. The van der Waals surface area contributed by atoms with Crippen LogP contribution in [0.3, 0.4) is 0 Å². The van der Waals surface area contributed by atoms with Gasteiger partial charge in [0.05, 0.1) is 12.3 Å². The fraction of sp³-hybridized carbons (Fsp3) is 0.368. The third kappa shape index (κ3) is 3.42. The highest BCUT2D eigenvalue weighted by atomic mass is 16.3. The molecule has 0 spiro atoms. The molecule has 23 heavy (non-hydrogen) atoms. The molecule has 0 aromatic carbocycles. The van der Waals surface area contributed by atoms with E-state index in [1.54, 1.807) is 0 Å². The van der Waals surface area contributed by atoms with Crippen molar-refractivity contribution in [3.8, 4) is 0 Å². The Kier molecular flexibility index (Phi) is 4.44. The molecule has 3 aromatic heterocycles. The van der Waals surface area contributed by atoms with Crippen LogP contribution in [-0.2, 0) is 13.0 Å². The van der Waals surface area contributed by atoms with Crippen LogP contribution in [0.2, 0.25) is 0 Å². The Hall–Kier alpha value is -2.20. The fourth-order valence-electron chi connectivity index (χ4n) is 2.64. The lowest BCUT2D eigenvalue weighted by atomic mass is 9.98. The zero-order valence-electron chi connectivity index (χ0n) is 13.8. The minimum absolute atomic E-state index is 0.0257. The predicted octanol–water partition coefficient (Wildman–Crippen LogP) is 4.18. The van der Waals surface area contributed by atoms with E-state index in [-0.39, 0.29) is 6.61 Å². The largest absolute Gasteiger partial charge is 0.459 e. The van der Waals surface area contributed by atoms with E-state index >= 15 is 0 Å². The molecule has 0 saturated heterocycles. The van der Waals surface area contributed by atoms with Gasteiger partial charge >= 0.3 is 0 Å². The van der Waals surface area contributed by atoms with Gasteiger partial charge in [-0.15, -0.1) is 0 Å². The lowest BCUT2D eigenvalue weighted by Gasteiger charge is -2.09. The zero-order chi connectivity index (χ0) is 16.4. The minimum Gasteiger partial charge on any atom is -0.459 e. The molecule has 0 bridgehead atoms. The number of hydrogen-bond acceptors (Lipinski definition) is 4. The van der Waals surface area contributed by atoms with E-state index in [1.165, 1.54) is 5.56 Å². The Morgan fingerprint density at radius 3 is 2.48 bits per heavy atom. The van der Waals surface area contributed by atoms with Crippen molar-refractivity contribution in [1.82, 2.24) is 9.97 Å². The van der Waals surface area contributed by atoms with Gasteiger partial charge in [-0.05, 0) is 35.1 Å². The topological polar surface area (TPSA) is 59.2 Å². The molecule has 0 radical (unpaired) electrons. The SMILES string of the molecule is CC(C)c1cnc2cc(CC(C)c3ccc(CO)nc3)oc2c1. The van der Waals surface area contributed by atoms with Gasteiger partial charge in [-0.2, -0.15) is 0 Å². The summed E-state index contributed by atoms with van der Waals surface area (Å²) >= 11 is 0. The van der Waals surface area contributed by atoms with Crippen LogP contribution in [-0.4, -0.2) is 15.1 Å². The molecular formula is C19H22N2O2. The highest BCUT2D eigenvalue weighted by molar-refractivity contribution is 5.73. The molecule has 1 atom stereocenters. The van der Waals surface area contributed by atoms with Gasteiger partial charge in [0.15, 0.2) is 5.58 Å². The van der Waals surface area contributed by atoms with E-state index in [4.69, 9.17) is 9.52 Å². The van der Waals surface area contributed by atoms with Gasteiger partial charge < -0.3 is 9.52 Å². The normalized spacial score (nSPS) is 12.9. The lowest BCUT2D eigenvalue weighted by Crippen LogP contribution is -1.99. The summed E-state index contributed by atoms with van der Waals surface area (Å²) < 4.78 is 5.97. The average Bonchev–Trinajstić information content (AvgIpc) is 2.96. The maximum absolute atomic E-state index is 9.06. The van der Waals surface area contributed by atoms with Crippen molar-refractivity contribution in [3.63, 3.8) is 0 Å². The number of rotatable bonds is 5. The van der Waals surface area contributed by atoms with Gasteiger partial charge in [-0.3, -0.25) is 9.97 Å². The number of fused-ring (bicyclic) bond motifs is 1. The van der Waals surface area contributed by atoms with E-state index < -0.39 is 0 Å². The van der Waals surface area contributed by atoms with E-state index in [0.717, 1.165) is 28.8 Å². The summed E-state index contributed by atoms with van der Waals surface area (Å²) in [4.78, 5) is 8.73. The van der Waals surface area contributed by atoms with Crippen molar-refractivity contribution in [1.29, 1.82) is 0 Å². The summed E-state index contributed by atoms with van der Waals surface area (Å²) in [5.41, 5.74) is 4.78. The van der Waals surface area contributed by atoms with E-state index in [9.17, 15) is 0 Å². The Labute approximate surface area is 136 Å². The molecule has 3 heterocycles. The maximum atomic E-state index is 9.06. The molecule has 120 valence electrons. The summed E-state index contributed by atoms with van der Waals surface area (Å²) in [6, 6.07) is 7.98. The molecule has 3 rings (SSSR count). The molecule has 1 N–H and O–H groups in total. The number of nitrogens with zero attached hydrogens (tertiary/aromatic N) is 2. The van der Waals surface area contributed by atoms with Crippen LogP contribution in [0.25, 0.3) is 11.1 Å². The number of pyridine rings is 2. The van der Waals surface area contributed by atoms with Crippen molar-refractivity contribution in [2.75, 3.05) is 0 Å². The van der Waals surface area contributed by atoms with Gasteiger partial charge in [0.25, 0.3) is 0 Å². The summed E-state index contributed by atoms with van der Waals surface area (Å²) in [6.07, 6.45) is 4.55. The molecule has 1 unspecified atom stereocenters. The van der Waals surface area contributed by atoms with Crippen molar-refractivity contribution in [3.05, 3.63) is 59.2 Å². The second-order valence-corrected chi connectivity index (χ2v) is 6.37. The molecule has 0 aliphatic rings. The molecule has 4 heteroatoms. The second-order valence-electron chi connectivity index (χ2n) is 6.37. The molecule has 0 amide bonds. The number of hydrogen-bond donors (Lipinski definition) is 1. The van der Waals surface area contributed by atoms with E-state index in [1.807, 2.05) is 30.6 Å². The van der Waals surface area contributed by atoms with E-state index in [0.29, 0.717) is 17.5 Å². The molecule has 3 aromatic rings. The van der Waals surface area contributed by atoms with Gasteiger partial charge in [0.1, 0.15) is 11.3 Å². The van der Waals surface area contributed by atoms with Crippen LogP contribution in [0.1, 0.15) is 55.2 Å². The first kappa shape index (κ1) is 15.7. The highest BCUT2D eigenvalue weighted by Crippen LogP contribution is 2.26. The summed E-state index contributed by atoms with van der Waals surface area (Å²) in [5, 5.41) is 9.06. The molecular weight excluding hydrogens is 288 g/mol. The summed E-state index contributed by atoms with van der Waals surface area (Å²) in [7, 11) is 0. The van der Waals surface area contributed by atoms with Crippen molar-refractivity contribution in [2.45, 2.75) is 45.6 Å².